The van der Waals surface area contributed by atoms with Crippen LogP contribution in [0.5, 0.6) is 0 Å². The summed E-state index contributed by atoms with van der Waals surface area (Å²) in [6.45, 7) is 8.17. The van der Waals surface area contributed by atoms with Crippen molar-refractivity contribution in [3.63, 3.8) is 0 Å². The molecule has 1 spiro atoms. The van der Waals surface area contributed by atoms with Gasteiger partial charge in [-0.15, -0.1) is 0 Å². The van der Waals surface area contributed by atoms with Crippen LogP contribution in [0.1, 0.15) is 66.2 Å². The Kier molecular flexibility index (Phi) is 4.95. The maximum absolute atomic E-state index is 10.8. The van der Waals surface area contributed by atoms with Crippen molar-refractivity contribution >= 4 is 0 Å². The molecule has 0 amide bonds. The van der Waals surface area contributed by atoms with Gasteiger partial charge in [-0.2, -0.15) is 0 Å². The molecule has 0 bridgehead atoms. The van der Waals surface area contributed by atoms with Crippen molar-refractivity contribution in [2.45, 2.75) is 102 Å². The lowest BCUT2D eigenvalue weighted by molar-refractivity contribution is -0.189. The highest BCUT2D eigenvalue weighted by atomic mass is 16.7. The van der Waals surface area contributed by atoms with Crippen molar-refractivity contribution in [1.29, 1.82) is 0 Å². The van der Waals surface area contributed by atoms with Crippen LogP contribution in [0.2, 0.25) is 0 Å². The Hall–Kier alpha value is -0.680. The summed E-state index contributed by atoms with van der Waals surface area (Å²) in [7, 11) is 0. The van der Waals surface area contributed by atoms with Crippen LogP contribution < -0.4 is 0 Å². The topological polar surface area (TPSA) is 62.2 Å². The molecule has 24 heavy (non-hydrogen) atoms. The Morgan fingerprint density at radius 3 is 2.58 bits per heavy atom. The molecular weight excluding hydrogens is 304 g/mol. The summed E-state index contributed by atoms with van der Waals surface area (Å²) >= 11 is 0. The highest BCUT2D eigenvalue weighted by molar-refractivity contribution is 5.44. The fraction of sp³-hybridized carbons (Fsp3) is 0.800. The van der Waals surface area contributed by atoms with E-state index in [2.05, 4.69) is 26.0 Å². The molecule has 2 aliphatic heterocycles. The average Bonchev–Trinajstić information content (AvgIpc) is 3.25. The van der Waals surface area contributed by atoms with E-state index in [1.165, 1.54) is 19.3 Å². The Bertz CT molecular complexity index is 536. The van der Waals surface area contributed by atoms with Crippen LogP contribution in [0.15, 0.2) is 23.3 Å². The Labute approximate surface area is 145 Å². The number of hydrogen-bond acceptors (Lipinski definition) is 4. The second kappa shape index (κ2) is 6.56. The van der Waals surface area contributed by atoms with Crippen LogP contribution in [-0.4, -0.2) is 45.8 Å². The molecule has 3 rings (SSSR count). The molecule has 0 saturated carbocycles. The van der Waals surface area contributed by atoms with Gasteiger partial charge in [-0.25, -0.2) is 0 Å². The van der Waals surface area contributed by atoms with Crippen LogP contribution in [-0.2, 0) is 9.47 Å². The minimum absolute atomic E-state index is 0.162. The van der Waals surface area contributed by atoms with Gasteiger partial charge in [0.1, 0.15) is 23.9 Å². The summed E-state index contributed by atoms with van der Waals surface area (Å²) in [6.07, 6.45) is 8.66. The number of aliphatic hydroxyl groups excluding tert-OH is 2. The van der Waals surface area contributed by atoms with Gasteiger partial charge in [0.05, 0.1) is 11.7 Å². The third-order valence-electron chi connectivity index (χ3n) is 5.90. The zero-order valence-corrected chi connectivity index (χ0v) is 15.4. The van der Waals surface area contributed by atoms with Gasteiger partial charge in [-0.1, -0.05) is 38.8 Å². The number of ether oxygens (including phenoxy) is 2. The zero-order chi connectivity index (χ0) is 17.5. The number of allylic oxidation sites excluding steroid dienone is 1. The fourth-order valence-electron chi connectivity index (χ4n) is 4.23. The number of unbranched alkanes of at least 4 members (excludes halogenated alkanes) is 3. The summed E-state index contributed by atoms with van der Waals surface area (Å²) < 4.78 is 12.2. The van der Waals surface area contributed by atoms with Crippen LogP contribution in [0.4, 0.5) is 0 Å². The summed E-state index contributed by atoms with van der Waals surface area (Å²) in [6, 6.07) is 0. The van der Waals surface area contributed by atoms with Crippen LogP contribution >= 0.6 is 0 Å². The van der Waals surface area contributed by atoms with E-state index in [9.17, 15) is 10.2 Å². The molecule has 0 radical (unpaired) electrons. The molecule has 4 nitrogen and oxygen atoms in total. The largest absolute Gasteiger partial charge is 0.390 e. The first-order valence-electron chi connectivity index (χ1n) is 9.48. The second-order valence-corrected chi connectivity index (χ2v) is 7.99. The molecule has 136 valence electrons. The first-order chi connectivity index (χ1) is 11.4. The normalized spacial score (nSPS) is 40.6. The average molecular weight is 336 g/mol. The van der Waals surface area contributed by atoms with E-state index in [1.54, 1.807) is 0 Å². The van der Waals surface area contributed by atoms with Gasteiger partial charge in [0.15, 0.2) is 0 Å². The molecule has 4 heteroatoms. The lowest BCUT2D eigenvalue weighted by atomic mass is 9.72. The van der Waals surface area contributed by atoms with Crippen molar-refractivity contribution in [2.75, 3.05) is 0 Å². The van der Waals surface area contributed by atoms with Gasteiger partial charge in [0.25, 0.3) is 0 Å². The van der Waals surface area contributed by atoms with E-state index in [0.717, 1.165) is 24.0 Å². The minimum atomic E-state index is -0.615. The minimum Gasteiger partial charge on any atom is -0.390 e. The highest BCUT2D eigenvalue weighted by Gasteiger charge is 2.72. The van der Waals surface area contributed by atoms with Crippen molar-refractivity contribution in [3.8, 4) is 0 Å². The van der Waals surface area contributed by atoms with Crippen LogP contribution in [0.3, 0.4) is 0 Å². The number of hydrogen-bond donors (Lipinski definition) is 2. The van der Waals surface area contributed by atoms with Crippen molar-refractivity contribution in [1.82, 2.24) is 0 Å². The fourth-order valence-corrected chi connectivity index (χ4v) is 4.23. The number of aliphatic hydroxyl groups is 2. The standard InChI is InChI=1S/C20H32O4/c1-5-7-8-9-10-11-14-13(6-2)17-20(18(24-20)16(14)22)12-15(21)19(3,4)23-17/h10-11,15-18,21-22H,5-9,12H2,1-4H3/b11-10+/t15-,16+,17-,18-,20+/m1/s1. The van der Waals surface area contributed by atoms with E-state index in [0.29, 0.717) is 6.42 Å². The van der Waals surface area contributed by atoms with Gasteiger partial charge < -0.3 is 19.7 Å². The van der Waals surface area contributed by atoms with Gasteiger partial charge in [0.2, 0.25) is 0 Å². The summed E-state index contributed by atoms with van der Waals surface area (Å²) in [5, 5.41) is 21.1. The highest BCUT2D eigenvalue weighted by Crippen LogP contribution is 2.58. The third-order valence-corrected chi connectivity index (χ3v) is 5.90. The Morgan fingerprint density at radius 2 is 1.92 bits per heavy atom. The second-order valence-electron chi connectivity index (χ2n) is 7.99. The molecule has 5 atom stereocenters. The summed E-state index contributed by atoms with van der Waals surface area (Å²) in [5.41, 5.74) is 0.969. The van der Waals surface area contributed by atoms with E-state index >= 15 is 0 Å². The van der Waals surface area contributed by atoms with Gasteiger partial charge >= 0.3 is 0 Å². The molecule has 0 aromatic rings. The lowest BCUT2D eigenvalue weighted by Gasteiger charge is -2.46. The Balaban J connectivity index is 1.85. The molecule has 2 heterocycles. The van der Waals surface area contributed by atoms with Crippen LogP contribution in [0, 0.1) is 0 Å². The molecule has 3 aliphatic rings. The summed E-state index contributed by atoms with van der Waals surface area (Å²) in [5.74, 6) is 0. The van der Waals surface area contributed by atoms with E-state index < -0.39 is 23.4 Å². The zero-order valence-electron chi connectivity index (χ0n) is 15.4. The van der Waals surface area contributed by atoms with Crippen molar-refractivity contribution < 1.29 is 19.7 Å². The predicted molar refractivity (Wildman–Crippen MR) is 93.8 cm³/mol. The van der Waals surface area contributed by atoms with Crippen molar-refractivity contribution in [3.05, 3.63) is 23.3 Å². The molecule has 0 aromatic carbocycles. The molecule has 0 aromatic heterocycles. The molecule has 2 saturated heterocycles. The summed E-state index contributed by atoms with van der Waals surface area (Å²) in [4.78, 5) is 0. The van der Waals surface area contributed by atoms with Gasteiger partial charge in [0, 0.05) is 6.42 Å². The van der Waals surface area contributed by atoms with Gasteiger partial charge in [-0.3, -0.25) is 0 Å². The molecular formula is C20H32O4. The SMILES string of the molecule is CCCCC/C=C/C1=C(CC)[C@H]2OC(C)(C)[C@H](O)C[C@]23O[C@@H]3[C@H]1O. The van der Waals surface area contributed by atoms with Crippen LogP contribution in [0.25, 0.3) is 0 Å². The third kappa shape index (κ3) is 2.88. The smallest absolute Gasteiger partial charge is 0.130 e. The first-order valence-corrected chi connectivity index (χ1v) is 9.48. The molecule has 2 fully saturated rings. The lowest BCUT2D eigenvalue weighted by Crippen LogP contribution is -2.58. The Morgan fingerprint density at radius 1 is 1.17 bits per heavy atom. The number of rotatable bonds is 6. The first kappa shape index (κ1) is 18.1. The van der Waals surface area contributed by atoms with E-state index in [4.69, 9.17) is 9.47 Å². The maximum atomic E-state index is 10.8. The molecule has 0 unspecified atom stereocenters. The van der Waals surface area contributed by atoms with E-state index in [1.807, 2.05) is 13.8 Å². The van der Waals surface area contributed by atoms with Gasteiger partial charge in [-0.05, 0) is 44.3 Å². The molecule has 1 aliphatic carbocycles. The predicted octanol–water partition coefficient (Wildman–Crippen LogP) is 3.27. The quantitative estimate of drug-likeness (QED) is 0.577. The maximum Gasteiger partial charge on any atom is 0.130 e. The molecule has 2 N–H and O–H groups in total. The monoisotopic (exact) mass is 336 g/mol. The number of epoxide rings is 1. The van der Waals surface area contributed by atoms with Crippen molar-refractivity contribution in [2.24, 2.45) is 0 Å². The van der Waals surface area contributed by atoms with E-state index in [-0.39, 0.29) is 12.2 Å².